The minimum absolute atomic E-state index is 0.0380. The molecule has 1 heterocycles. The summed E-state index contributed by atoms with van der Waals surface area (Å²) in [6.45, 7) is 4.60. The first-order chi connectivity index (χ1) is 14.8. The molecule has 1 aliphatic rings. The van der Waals surface area contributed by atoms with Crippen LogP contribution in [0.4, 0.5) is 11.4 Å². The van der Waals surface area contributed by atoms with Gasteiger partial charge in [0.15, 0.2) is 0 Å². The first-order valence-corrected chi connectivity index (χ1v) is 12.0. The minimum atomic E-state index is -3.53. The second-order valence-corrected chi connectivity index (χ2v) is 10.1. The average Bonchev–Trinajstić information content (AvgIpc) is 2.75. The minimum Gasteiger partial charge on any atom is -0.326 e. The number of hydrogen-bond acceptors (Lipinski definition) is 4. The fourth-order valence-electron chi connectivity index (χ4n) is 3.56. The molecule has 2 aromatic carbocycles. The third kappa shape index (κ3) is 6.15. The quantitative estimate of drug-likeness (QED) is 0.682. The first-order valence-electron chi connectivity index (χ1n) is 10.5. The molecule has 3 rings (SSSR count). The standard InChI is InChI=1S/C23H29N3O4S/c1-17(2)16-22(27)24-19-8-10-20(11-9-19)25-23(28)18-12-14-26(15-13-18)31(29,30)21-6-4-3-5-7-21/h3-11,17-18H,12-16H2,1-2H3,(H,24,27)(H,25,28). The Bertz CT molecular complexity index is 997. The van der Waals surface area contributed by atoms with Gasteiger partial charge >= 0.3 is 0 Å². The highest BCUT2D eigenvalue weighted by molar-refractivity contribution is 7.89. The zero-order chi connectivity index (χ0) is 22.4. The van der Waals surface area contributed by atoms with Crippen molar-refractivity contribution in [1.29, 1.82) is 0 Å². The molecule has 0 radical (unpaired) electrons. The summed E-state index contributed by atoms with van der Waals surface area (Å²) < 4.78 is 26.9. The molecule has 2 aromatic rings. The Labute approximate surface area is 183 Å². The summed E-state index contributed by atoms with van der Waals surface area (Å²) in [4.78, 5) is 24.8. The third-order valence-corrected chi connectivity index (χ3v) is 7.15. The van der Waals surface area contributed by atoms with Crippen LogP contribution in [0.3, 0.4) is 0 Å². The van der Waals surface area contributed by atoms with Gasteiger partial charge in [0.1, 0.15) is 0 Å². The Kier molecular flexibility index (Phi) is 7.46. The fraction of sp³-hybridized carbons (Fsp3) is 0.391. The summed E-state index contributed by atoms with van der Waals surface area (Å²) in [6, 6.07) is 15.4. The second kappa shape index (κ2) is 10.1. The fourth-order valence-corrected chi connectivity index (χ4v) is 5.05. The molecule has 2 N–H and O–H groups in total. The Balaban J connectivity index is 1.51. The van der Waals surface area contributed by atoms with Crippen molar-refractivity contribution in [3.05, 3.63) is 54.6 Å². The van der Waals surface area contributed by atoms with Crippen LogP contribution in [0, 0.1) is 11.8 Å². The lowest BCUT2D eigenvalue weighted by Gasteiger charge is -2.30. The van der Waals surface area contributed by atoms with Gasteiger partial charge in [-0.2, -0.15) is 4.31 Å². The molecule has 0 saturated carbocycles. The van der Waals surface area contributed by atoms with Crippen molar-refractivity contribution in [2.75, 3.05) is 23.7 Å². The molecular formula is C23H29N3O4S. The molecule has 0 atom stereocenters. The van der Waals surface area contributed by atoms with Gasteiger partial charge in [0.2, 0.25) is 21.8 Å². The number of anilines is 2. The lowest BCUT2D eigenvalue weighted by Crippen LogP contribution is -2.41. The zero-order valence-electron chi connectivity index (χ0n) is 17.9. The smallest absolute Gasteiger partial charge is 0.243 e. The third-order valence-electron chi connectivity index (χ3n) is 5.24. The van der Waals surface area contributed by atoms with Crippen LogP contribution in [-0.2, 0) is 19.6 Å². The van der Waals surface area contributed by atoms with E-state index in [4.69, 9.17) is 0 Å². The van der Waals surface area contributed by atoms with E-state index in [2.05, 4.69) is 10.6 Å². The summed E-state index contributed by atoms with van der Waals surface area (Å²) in [7, 11) is -3.53. The van der Waals surface area contributed by atoms with Crippen molar-refractivity contribution in [2.45, 2.75) is 38.0 Å². The number of carbonyl (C=O) groups excluding carboxylic acids is 2. The van der Waals surface area contributed by atoms with Crippen LogP contribution in [0.1, 0.15) is 33.1 Å². The molecule has 0 bridgehead atoms. The Hall–Kier alpha value is -2.71. The molecule has 7 nitrogen and oxygen atoms in total. The van der Waals surface area contributed by atoms with Crippen molar-refractivity contribution in [1.82, 2.24) is 4.31 Å². The van der Waals surface area contributed by atoms with Crippen LogP contribution >= 0.6 is 0 Å². The Morgan fingerprint density at radius 2 is 1.48 bits per heavy atom. The predicted molar refractivity (Wildman–Crippen MR) is 121 cm³/mol. The maximum absolute atomic E-state index is 12.7. The molecule has 31 heavy (non-hydrogen) atoms. The van der Waals surface area contributed by atoms with Crippen LogP contribution in [0.15, 0.2) is 59.5 Å². The topological polar surface area (TPSA) is 95.6 Å². The second-order valence-electron chi connectivity index (χ2n) is 8.20. The van der Waals surface area contributed by atoms with Gasteiger partial charge in [-0.05, 0) is 55.2 Å². The summed E-state index contributed by atoms with van der Waals surface area (Å²) in [6.07, 6.45) is 1.40. The maximum atomic E-state index is 12.7. The van der Waals surface area contributed by atoms with Gasteiger partial charge in [-0.3, -0.25) is 9.59 Å². The summed E-state index contributed by atoms with van der Waals surface area (Å²) >= 11 is 0. The summed E-state index contributed by atoms with van der Waals surface area (Å²) in [5, 5.41) is 5.73. The number of rotatable bonds is 7. The number of hydrogen-bond donors (Lipinski definition) is 2. The zero-order valence-corrected chi connectivity index (χ0v) is 18.7. The van der Waals surface area contributed by atoms with E-state index in [1.54, 1.807) is 54.6 Å². The van der Waals surface area contributed by atoms with Gasteiger partial charge in [-0.15, -0.1) is 0 Å². The van der Waals surface area contributed by atoms with Gasteiger partial charge in [0.05, 0.1) is 4.90 Å². The van der Waals surface area contributed by atoms with Crippen molar-refractivity contribution in [2.24, 2.45) is 11.8 Å². The largest absolute Gasteiger partial charge is 0.326 e. The number of carbonyl (C=O) groups is 2. The van der Waals surface area contributed by atoms with Gasteiger partial charge in [0.25, 0.3) is 0 Å². The van der Waals surface area contributed by atoms with E-state index in [1.807, 2.05) is 13.8 Å². The maximum Gasteiger partial charge on any atom is 0.243 e. The first kappa shape index (κ1) is 23.0. The number of sulfonamides is 1. The van der Waals surface area contributed by atoms with Crippen molar-refractivity contribution >= 4 is 33.2 Å². The highest BCUT2D eigenvalue weighted by Gasteiger charge is 2.32. The van der Waals surface area contributed by atoms with Crippen molar-refractivity contribution in [3.8, 4) is 0 Å². The normalized spacial score (nSPS) is 15.6. The summed E-state index contributed by atoms with van der Waals surface area (Å²) in [5.41, 5.74) is 1.33. The SMILES string of the molecule is CC(C)CC(=O)Nc1ccc(NC(=O)C2CCN(S(=O)(=O)c3ccccc3)CC2)cc1. The molecule has 0 aromatic heterocycles. The van der Waals surface area contributed by atoms with Crippen molar-refractivity contribution < 1.29 is 18.0 Å². The highest BCUT2D eigenvalue weighted by Crippen LogP contribution is 2.25. The van der Waals surface area contributed by atoms with Crippen LogP contribution in [0.25, 0.3) is 0 Å². The van der Waals surface area contributed by atoms with E-state index in [-0.39, 0.29) is 28.5 Å². The Morgan fingerprint density at radius 1 is 0.935 bits per heavy atom. The van der Waals surface area contributed by atoms with Crippen LogP contribution < -0.4 is 10.6 Å². The van der Waals surface area contributed by atoms with E-state index in [0.29, 0.717) is 43.7 Å². The van der Waals surface area contributed by atoms with Gasteiger partial charge in [-0.1, -0.05) is 32.0 Å². The number of nitrogens with zero attached hydrogens (tertiary/aromatic N) is 1. The average molecular weight is 444 g/mol. The summed E-state index contributed by atoms with van der Waals surface area (Å²) in [5.74, 6) is -0.113. The highest BCUT2D eigenvalue weighted by atomic mass is 32.2. The predicted octanol–water partition coefficient (Wildman–Crippen LogP) is 3.71. The van der Waals surface area contributed by atoms with Crippen molar-refractivity contribution in [3.63, 3.8) is 0 Å². The van der Waals surface area contributed by atoms with E-state index in [1.165, 1.54) is 4.31 Å². The molecule has 2 amide bonds. The molecule has 1 aliphatic heterocycles. The van der Waals surface area contributed by atoms with Gasteiger partial charge in [-0.25, -0.2) is 8.42 Å². The molecule has 1 saturated heterocycles. The molecule has 0 unspecified atom stereocenters. The molecular weight excluding hydrogens is 414 g/mol. The lowest BCUT2D eigenvalue weighted by atomic mass is 9.97. The van der Waals surface area contributed by atoms with E-state index < -0.39 is 10.0 Å². The van der Waals surface area contributed by atoms with E-state index >= 15 is 0 Å². The number of nitrogens with one attached hydrogen (secondary N) is 2. The van der Waals surface area contributed by atoms with Gasteiger partial charge < -0.3 is 10.6 Å². The van der Waals surface area contributed by atoms with Crippen LogP contribution in [-0.4, -0.2) is 37.6 Å². The molecule has 8 heteroatoms. The Morgan fingerprint density at radius 3 is 2.03 bits per heavy atom. The number of piperidine rings is 1. The molecule has 0 aliphatic carbocycles. The number of amides is 2. The lowest BCUT2D eigenvalue weighted by molar-refractivity contribution is -0.121. The monoisotopic (exact) mass is 443 g/mol. The van der Waals surface area contributed by atoms with E-state index in [0.717, 1.165) is 0 Å². The molecule has 0 spiro atoms. The van der Waals surface area contributed by atoms with Gasteiger partial charge in [0, 0.05) is 36.8 Å². The number of benzene rings is 2. The molecule has 1 fully saturated rings. The van der Waals surface area contributed by atoms with Crippen LogP contribution in [0.5, 0.6) is 0 Å². The van der Waals surface area contributed by atoms with E-state index in [9.17, 15) is 18.0 Å². The van der Waals surface area contributed by atoms with Crippen LogP contribution in [0.2, 0.25) is 0 Å². The molecule has 166 valence electrons.